The third-order valence-electron chi connectivity index (χ3n) is 6.13. The lowest BCUT2D eigenvalue weighted by Gasteiger charge is -2.57. The van der Waals surface area contributed by atoms with Crippen LogP contribution in [0, 0.1) is 23.2 Å². The zero-order valence-corrected chi connectivity index (χ0v) is 12.4. The summed E-state index contributed by atoms with van der Waals surface area (Å²) in [5, 5.41) is 4.30. The molecule has 0 aliphatic heterocycles. The number of nitrogens with two attached hydrogens (primary N) is 1. The molecule has 0 amide bonds. The Morgan fingerprint density at radius 2 is 1.90 bits per heavy atom. The Hall–Kier alpha value is -0.870. The van der Waals surface area contributed by atoms with Crippen LogP contribution in [-0.2, 0) is 7.05 Å². The van der Waals surface area contributed by atoms with Crippen LogP contribution in [0.2, 0.25) is 0 Å². The van der Waals surface area contributed by atoms with Crippen molar-refractivity contribution in [1.29, 1.82) is 0 Å². The van der Waals surface area contributed by atoms with E-state index < -0.39 is 0 Å². The maximum absolute atomic E-state index is 5.86. The van der Waals surface area contributed by atoms with Gasteiger partial charge in [-0.25, -0.2) is 0 Å². The summed E-state index contributed by atoms with van der Waals surface area (Å²) in [6.07, 6.45) is 14.1. The van der Waals surface area contributed by atoms with Crippen molar-refractivity contribution in [3.8, 4) is 0 Å². The Bertz CT molecular complexity index is 457. The van der Waals surface area contributed by atoms with Crippen LogP contribution in [0.25, 0.3) is 0 Å². The predicted octanol–water partition coefficient (Wildman–Crippen LogP) is 2.53. The van der Waals surface area contributed by atoms with E-state index >= 15 is 0 Å². The largest absolute Gasteiger partial charge is 0.275 e. The highest BCUT2D eigenvalue weighted by atomic mass is 15.3. The number of hydrazine groups is 1. The van der Waals surface area contributed by atoms with Crippen molar-refractivity contribution in [1.82, 2.24) is 15.2 Å². The van der Waals surface area contributed by atoms with E-state index in [2.05, 4.69) is 16.7 Å². The van der Waals surface area contributed by atoms with Gasteiger partial charge in [0.15, 0.2) is 0 Å². The molecule has 20 heavy (non-hydrogen) atoms. The average molecular weight is 274 g/mol. The first-order valence-corrected chi connectivity index (χ1v) is 8.10. The van der Waals surface area contributed by atoms with E-state index in [9.17, 15) is 0 Å². The van der Waals surface area contributed by atoms with E-state index in [0.29, 0.717) is 5.41 Å². The maximum atomic E-state index is 5.86. The van der Waals surface area contributed by atoms with E-state index in [1.807, 2.05) is 17.9 Å². The summed E-state index contributed by atoms with van der Waals surface area (Å²) in [5.41, 5.74) is 4.85. The minimum Gasteiger partial charge on any atom is -0.275 e. The summed E-state index contributed by atoms with van der Waals surface area (Å²) in [4.78, 5) is 0. The first kappa shape index (κ1) is 12.8. The van der Waals surface area contributed by atoms with E-state index in [4.69, 9.17) is 5.84 Å². The van der Waals surface area contributed by atoms with Crippen molar-refractivity contribution in [3.63, 3.8) is 0 Å². The lowest BCUT2D eigenvalue weighted by molar-refractivity contribution is -0.0623. The van der Waals surface area contributed by atoms with Crippen LogP contribution in [0.3, 0.4) is 0 Å². The molecular formula is C16H26N4. The van der Waals surface area contributed by atoms with Crippen LogP contribution in [0.5, 0.6) is 0 Å². The molecule has 4 aliphatic carbocycles. The van der Waals surface area contributed by atoms with Crippen LogP contribution in [-0.4, -0.2) is 9.78 Å². The summed E-state index contributed by atoms with van der Waals surface area (Å²) < 4.78 is 1.87. The van der Waals surface area contributed by atoms with Crippen LogP contribution in [0.4, 0.5) is 0 Å². The quantitative estimate of drug-likeness (QED) is 0.655. The summed E-state index contributed by atoms with van der Waals surface area (Å²) >= 11 is 0. The minimum atomic E-state index is 0.264. The highest BCUT2D eigenvalue weighted by molar-refractivity contribution is 5.13. The fourth-order valence-electron chi connectivity index (χ4n) is 5.87. The highest BCUT2D eigenvalue weighted by Crippen LogP contribution is 2.62. The number of hydrogen-bond acceptors (Lipinski definition) is 3. The molecule has 1 heterocycles. The van der Waals surface area contributed by atoms with Gasteiger partial charge in [-0.1, -0.05) is 0 Å². The van der Waals surface area contributed by atoms with Crippen molar-refractivity contribution in [3.05, 3.63) is 18.0 Å². The number of aryl methyl sites for hydroxylation is 1. The van der Waals surface area contributed by atoms with Crippen molar-refractivity contribution >= 4 is 0 Å². The number of hydrogen-bond donors (Lipinski definition) is 2. The topological polar surface area (TPSA) is 55.9 Å². The Morgan fingerprint density at radius 3 is 2.35 bits per heavy atom. The van der Waals surface area contributed by atoms with Gasteiger partial charge in [-0.05, 0) is 68.1 Å². The molecule has 3 N–H and O–H groups in total. The maximum Gasteiger partial charge on any atom is 0.0538 e. The minimum absolute atomic E-state index is 0.264. The summed E-state index contributed by atoms with van der Waals surface area (Å²) in [6.45, 7) is 0. The van der Waals surface area contributed by atoms with E-state index in [1.54, 1.807) is 0 Å². The standard InChI is InChI=1S/C16H26N4/c1-20-10-14(9-18-20)15(19-17)8-16-5-11-2-12(6-16)4-13(3-11)7-16/h9-13,15,19H,2-8,17H2,1H3. The molecule has 1 atom stereocenters. The summed E-state index contributed by atoms with van der Waals surface area (Å²) in [7, 11) is 1.97. The smallest absolute Gasteiger partial charge is 0.0538 e. The van der Waals surface area contributed by atoms with Gasteiger partial charge in [0, 0.05) is 24.8 Å². The molecule has 1 unspecified atom stereocenters. The van der Waals surface area contributed by atoms with Crippen molar-refractivity contribution in [2.75, 3.05) is 0 Å². The summed E-state index contributed by atoms with van der Waals surface area (Å²) in [6, 6.07) is 0.264. The Balaban J connectivity index is 1.55. The molecule has 5 rings (SSSR count). The highest BCUT2D eigenvalue weighted by Gasteiger charge is 2.51. The van der Waals surface area contributed by atoms with Crippen molar-refractivity contribution < 1.29 is 0 Å². The molecule has 1 aromatic heterocycles. The molecule has 4 heteroatoms. The molecule has 0 saturated heterocycles. The predicted molar refractivity (Wildman–Crippen MR) is 78.5 cm³/mol. The van der Waals surface area contributed by atoms with Gasteiger partial charge in [0.1, 0.15) is 0 Å². The molecule has 4 saturated carbocycles. The number of aromatic nitrogens is 2. The lowest BCUT2D eigenvalue weighted by atomic mass is 9.48. The number of nitrogens with one attached hydrogen (secondary N) is 1. The molecular weight excluding hydrogens is 248 g/mol. The van der Waals surface area contributed by atoms with E-state index in [-0.39, 0.29) is 6.04 Å². The Kier molecular flexibility index (Phi) is 2.93. The van der Waals surface area contributed by atoms with Crippen LogP contribution in [0.1, 0.15) is 56.6 Å². The molecule has 0 spiro atoms. The van der Waals surface area contributed by atoms with E-state index in [1.165, 1.54) is 50.5 Å². The van der Waals surface area contributed by atoms with Crippen LogP contribution >= 0.6 is 0 Å². The molecule has 1 aromatic rings. The molecule has 4 fully saturated rings. The molecule has 4 bridgehead atoms. The SMILES string of the molecule is Cn1cc(C(CC23CC4CC(CC(C4)C2)C3)NN)cn1. The molecule has 4 aliphatic rings. The zero-order valence-electron chi connectivity index (χ0n) is 12.4. The molecule has 110 valence electrons. The van der Waals surface area contributed by atoms with Crippen molar-refractivity contribution in [2.45, 2.75) is 51.0 Å². The summed E-state index contributed by atoms with van der Waals surface area (Å²) in [5.74, 6) is 8.88. The van der Waals surface area contributed by atoms with Gasteiger partial charge >= 0.3 is 0 Å². The molecule has 4 nitrogen and oxygen atoms in total. The van der Waals surface area contributed by atoms with Gasteiger partial charge in [0.25, 0.3) is 0 Å². The fraction of sp³-hybridized carbons (Fsp3) is 0.812. The third-order valence-corrected chi connectivity index (χ3v) is 6.13. The molecule has 0 radical (unpaired) electrons. The van der Waals surface area contributed by atoms with Gasteiger partial charge in [-0.15, -0.1) is 0 Å². The van der Waals surface area contributed by atoms with Crippen molar-refractivity contribution in [2.24, 2.45) is 36.1 Å². The van der Waals surface area contributed by atoms with Gasteiger partial charge in [-0.2, -0.15) is 5.10 Å². The number of rotatable bonds is 4. The Labute approximate surface area is 121 Å². The normalized spacial score (nSPS) is 40.2. The van der Waals surface area contributed by atoms with Gasteiger partial charge in [0.2, 0.25) is 0 Å². The monoisotopic (exact) mass is 274 g/mol. The zero-order chi connectivity index (χ0) is 13.7. The number of nitrogens with zero attached hydrogens (tertiary/aromatic N) is 2. The first-order chi connectivity index (χ1) is 9.66. The second kappa shape index (κ2) is 4.57. The van der Waals surface area contributed by atoms with Crippen LogP contribution in [0.15, 0.2) is 12.4 Å². The Morgan fingerprint density at radius 1 is 1.30 bits per heavy atom. The third kappa shape index (κ3) is 2.09. The van der Waals surface area contributed by atoms with Gasteiger partial charge in [-0.3, -0.25) is 16.0 Å². The second-order valence-electron chi connectivity index (χ2n) is 7.79. The van der Waals surface area contributed by atoms with Gasteiger partial charge in [0.05, 0.1) is 6.20 Å². The first-order valence-electron chi connectivity index (χ1n) is 8.10. The second-order valence-corrected chi connectivity index (χ2v) is 7.79. The van der Waals surface area contributed by atoms with Crippen LogP contribution < -0.4 is 11.3 Å². The fourth-order valence-corrected chi connectivity index (χ4v) is 5.87. The molecule has 0 aromatic carbocycles. The lowest BCUT2D eigenvalue weighted by Crippen LogP contribution is -2.47. The van der Waals surface area contributed by atoms with E-state index in [0.717, 1.165) is 17.8 Å². The average Bonchev–Trinajstić information content (AvgIpc) is 2.81. The van der Waals surface area contributed by atoms with Gasteiger partial charge < -0.3 is 0 Å².